The molecule has 0 aliphatic carbocycles. The number of amides is 1. The fourth-order valence-electron chi connectivity index (χ4n) is 2.31. The molecule has 128 valence electrons. The molecule has 1 aromatic carbocycles. The van der Waals surface area contributed by atoms with Crippen LogP contribution in [0.3, 0.4) is 0 Å². The van der Waals surface area contributed by atoms with Crippen LogP contribution in [-0.2, 0) is 16.1 Å². The normalized spacial score (nSPS) is 12.0. The Morgan fingerprint density at radius 1 is 1.33 bits per heavy atom. The molecule has 1 heterocycles. The summed E-state index contributed by atoms with van der Waals surface area (Å²) in [5, 5.41) is 19.7. The van der Waals surface area contributed by atoms with Crippen LogP contribution in [0.5, 0.6) is 0 Å². The summed E-state index contributed by atoms with van der Waals surface area (Å²) in [7, 11) is 0. The summed E-state index contributed by atoms with van der Waals surface area (Å²) in [6.07, 6.45) is 1.91. The SMILES string of the molecule is CCCC[C@@H](NC(=O)CCn1nnc2ccccc2c1=O)C(=O)O. The number of carbonyl (C=O) groups is 2. The number of carboxylic acids is 1. The van der Waals surface area contributed by atoms with Crippen LogP contribution < -0.4 is 10.9 Å². The van der Waals surface area contributed by atoms with Gasteiger partial charge >= 0.3 is 5.97 Å². The zero-order valence-electron chi connectivity index (χ0n) is 13.4. The highest BCUT2D eigenvalue weighted by atomic mass is 16.4. The van der Waals surface area contributed by atoms with Crippen LogP contribution in [0.25, 0.3) is 10.9 Å². The first kappa shape index (κ1) is 17.6. The van der Waals surface area contributed by atoms with E-state index in [2.05, 4.69) is 15.6 Å². The maximum Gasteiger partial charge on any atom is 0.326 e. The van der Waals surface area contributed by atoms with Gasteiger partial charge in [0.2, 0.25) is 5.91 Å². The standard InChI is InChI=1S/C16H20N4O4/c1-2-3-7-13(16(23)24)17-14(21)9-10-20-15(22)11-6-4-5-8-12(11)18-19-20/h4-6,8,13H,2-3,7,9-10H2,1H3,(H,17,21)(H,23,24)/t13-/m1/s1. The lowest BCUT2D eigenvalue weighted by atomic mass is 10.1. The number of aromatic nitrogens is 3. The fraction of sp³-hybridized carbons (Fsp3) is 0.438. The monoisotopic (exact) mass is 332 g/mol. The highest BCUT2D eigenvalue weighted by Crippen LogP contribution is 2.04. The number of unbranched alkanes of at least 4 members (excludes halogenated alkanes) is 1. The Balaban J connectivity index is 2.00. The summed E-state index contributed by atoms with van der Waals surface area (Å²) in [5.74, 6) is -1.49. The number of fused-ring (bicyclic) bond motifs is 1. The summed E-state index contributed by atoms with van der Waals surface area (Å²) in [4.78, 5) is 35.3. The van der Waals surface area contributed by atoms with Gasteiger partial charge in [0.25, 0.3) is 5.56 Å². The lowest BCUT2D eigenvalue weighted by molar-refractivity contribution is -0.142. The predicted octanol–water partition coefficient (Wildman–Crippen LogP) is 0.941. The number of carbonyl (C=O) groups excluding carboxylic acids is 1. The smallest absolute Gasteiger partial charge is 0.326 e. The summed E-state index contributed by atoms with van der Waals surface area (Å²) in [5.41, 5.74) is 0.169. The minimum absolute atomic E-state index is 0.0389. The number of hydrogen-bond donors (Lipinski definition) is 2. The molecule has 8 nitrogen and oxygen atoms in total. The highest BCUT2D eigenvalue weighted by Gasteiger charge is 2.19. The zero-order chi connectivity index (χ0) is 17.5. The van der Waals surface area contributed by atoms with Gasteiger partial charge in [0, 0.05) is 6.42 Å². The molecule has 1 aromatic heterocycles. The Bertz CT molecular complexity index is 787. The number of aryl methyl sites for hydroxylation is 1. The van der Waals surface area contributed by atoms with E-state index >= 15 is 0 Å². The first-order valence-corrected chi connectivity index (χ1v) is 7.87. The molecule has 0 fully saturated rings. The molecule has 0 unspecified atom stereocenters. The van der Waals surface area contributed by atoms with Gasteiger partial charge in [-0.3, -0.25) is 9.59 Å². The molecule has 8 heteroatoms. The minimum Gasteiger partial charge on any atom is -0.480 e. The van der Waals surface area contributed by atoms with E-state index in [4.69, 9.17) is 5.11 Å². The number of nitrogens with zero attached hydrogens (tertiary/aromatic N) is 3. The van der Waals surface area contributed by atoms with E-state index < -0.39 is 17.9 Å². The molecular formula is C16H20N4O4. The molecule has 2 aromatic rings. The van der Waals surface area contributed by atoms with Crippen LogP contribution >= 0.6 is 0 Å². The Labute approximate surface area is 138 Å². The minimum atomic E-state index is -1.06. The number of rotatable bonds is 8. The Morgan fingerprint density at radius 3 is 2.79 bits per heavy atom. The number of benzene rings is 1. The van der Waals surface area contributed by atoms with E-state index in [0.717, 1.165) is 11.1 Å². The number of aliphatic carboxylic acids is 1. The average Bonchev–Trinajstić information content (AvgIpc) is 2.58. The summed E-state index contributed by atoms with van der Waals surface area (Å²) < 4.78 is 1.11. The van der Waals surface area contributed by atoms with Crippen molar-refractivity contribution in [3.05, 3.63) is 34.6 Å². The van der Waals surface area contributed by atoms with Gasteiger partial charge in [-0.15, -0.1) is 5.10 Å². The molecule has 1 atom stereocenters. The second kappa shape index (κ2) is 8.19. The second-order valence-electron chi connectivity index (χ2n) is 5.49. The molecule has 0 aliphatic heterocycles. The number of hydrogen-bond acceptors (Lipinski definition) is 5. The highest BCUT2D eigenvalue weighted by molar-refractivity contribution is 5.83. The summed E-state index contributed by atoms with van der Waals surface area (Å²) in [6.45, 7) is 1.99. The van der Waals surface area contributed by atoms with Gasteiger partial charge in [0.05, 0.1) is 11.9 Å². The molecule has 0 saturated heterocycles. The van der Waals surface area contributed by atoms with E-state index in [-0.39, 0.29) is 18.5 Å². The van der Waals surface area contributed by atoms with Crippen LogP contribution in [0.2, 0.25) is 0 Å². The third-order valence-corrected chi connectivity index (χ3v) is 3.66. The van der Waals surface area contributed by atoms with Crippen molar-refractivity contribution in [3.63, 3.8) is 0 Å². The second-order valence-corrected chi connectivity index (χ2v) is 5.49. The molecule has 0 aliphatic rings. The first-order valence-electron chi connectivity index (χ1n) is 7.87. The van der Waals surface area contributed by atoms with Crippen molar-refractivity contribution < 1.29 is 14.7 Å². The molecule has 0 radical (unpaired) electrons. The Morgan fingerprint density at radius 2 is 2.08 bits per heavy atom. The summed E-state index contributed by atoms with van der Waals surface area (Å²) in [6, 6.07) is 5.92. The third kappa shape index (κ3) is 4.37. The molecule has 0 saturated carbocycles. The van der Waals surface area contributed by atoms with Gasteiger partial charge in [-0.25, -0.2) is 9.48 Å². The molecule has 24 heavy (non-hydrogen) atoms. The van der Waals surface area contributed by atoms with Crippen molar-refractivity contribution in [2.45, 2.75) is 45.2 Å². The predicted molar refractivity (Wildman–Crippen MR) is 87.5 cm³/mol. The maximum atomic E-state index is 12.2. The van der Waals surface area contributed by atoms with Crippen molar-refractivity contribution in [2.24, 2.45) is 0 Å². The molecular weight excluding hydrogens is 312 g/mol. The molecule has 0 bridgehead atoms. The van der Waals surface area contributed by atoms with E-state index in [9.17, 15) is 14.4 Å². The van der Waals surface area contributed by atoms with Gasteiger partial charge in [0.15, 0.2) is 0 Å². The van der Waals surface area contributed by atoms with Crippen LogP contribution in [0.4, 0.5) is 0 Å². The van der Waals surface area contributed by atoms with Crippen molar-refractivity contribution in [2.75, 3.05) is 0 Å². The van der Waals surface area contributed by atoms with Gasteiger partial charge in [0.1, 0.15) is 11.6 Å². The van der Waals surface area contributed by atoms with Crippen LogP contribution in [0, 0.1) is 0 Å². The van der Waals surface area contributed by atoms with E-state index in [1.54, 1.807) is 24.3 Å². The maximum absolute atomic E-state index is 12.2. The quantitative estimate of drug-likeness (QED) is 0.743. The summed E-state index contributed by atoms with van der Waals surface area (Å²) >= 11 is 0. The molecule has 1 amide bonds. The van der Waals surface area contributed by atoms with Crippen molar-refractivity contribution in [1.82, 2.24) is 20.3 Å². The van der Waals surface area contributed by atoms with Crippen LogP contribution in [0.15, 0.2) is 29.1 Å². The number of nitrogens with one attached hydrogen (secondary N) is 1. The van der Waals surface area contributed by atoms with Gasteiger partial charge in [-0.2, -0.15) is 0 Å². The van der Waals surface area contributed by atoms with Gasteiger partial charge in [-0.1, -0.05) is 37.1 Å². The van der Waals surface area contributed by atoms with E-state index in [1.807, 2.05) is 6.92 Å². The molecule has 0 spiro atoms. The molecule has 2 N–H and O–H groups in total. The fourth-order valence-corrected chi connectivity index (χ4v) is 2.31. The molecule has 2 rings (SSSR count). The van der Waals surface area contributed by atoms with E-state index in [1.165, 1.54) is 0 Å². The Kier molecular flexibility index (Phi) is 6.00. The van der Waals surface area contributed by atoms with Crippen molar-refractivity contribution >= 4 is 22.8 Å². The lowest BCUT2D eigenvalue weighted by Gasteiger charge is -2.14. The van der Waals surface area contributed by atoms with Crippen LogP contribution in [-0.4, -0.2) is 38.0 Å². The zero-order valence-corrected chi connectivity index (χ0v) is 13.4. The topological polar surface area (TPSA) is 114 Å². The van der Waals surface area contributed by atoms with Gasteiger partial charge < -0.3 is 10.4 Å². The number of carboxylic acid groups (broad SMARTS) is 1. The van der Waals surface area contributed by atoms with Gasteiger partial charge in [-0.05, 0) is 18.6 Å². The average molecular weight is 332 g/mol. The van der Waals surface area contributed by atoms with Crippen LogP contribution in [0.1, 0.15) is 32.6 Å². The first-order chi connectivity index (χ1) is 11.5. The van der Waals surface area contributed by atoms with Crippen molar-refractivity contribution in [1.29, 1.82) is 0 Å². The third-order valence-electron chi connectivity index (χ3n) is 3.66. The Hall–Kier alpha value is -2.77. The van der Waals surface area contributed by atoms with E-state index in [0.29, 0.717) is 23.7 Å². The lowest BCUT2D eigenvalue weighted by Crippen LogP contribution is -2.41. The largest absolute Gasteiger partial charge is 0.480 e. The van der Waals surface area contributed by atoms with Crippen molar-refractivity contribution in [3.8, 4) is 0 Å².